The van der Waals surface area contributed by atoms with Gasteiger partial charge in [0.1, 0.15) is 5.75 Å². The van der Waals surface area contributed by atoms with E-state index in [0.717, 1.165) is 37.0 Å². The molecular formula is C14H16F3N2O-. The smallest absolute Gasteiger partial charge is 0.573 e. The van der Waals surface area contributed by atoms with E-state index < -0.39 is 6.36 Å². The van der Waals surface area contributed by atoms with Crippen molar-refractivity contribution in [1.29, 1.82) is 0 Å². The first-order valence-corrected chi connectivity index (χ1v) is 6.71. The minimum atomic E-state index is -4.64. The lowest BCUT2D eigenvalue weighted by Gasteiger charge is -2.21. The topological polar surface area (TPSA) is 35.4 Å². The fourth-order valence-electron chi connectivity index (χ4n) is 3.00. The SMILES string of the molecule is FC(F)(F)Oc1cccc(C[N-]CC2C3CNCC23)c1. The molecule has 1 heterocycles. The van der Waals surface area contributed by atoms with Crippen LogP contribution >= 0.6 is 0 Å². The highest BCUT2D eigenvalue weighted by molar-refractivity contribution is 5.30. The monoisotopic (exact) mass is 285 g/mol. The second kappa shape index (κ2) is 5.26. The van der Waals surface area contributed by atoms with Crippen LogP contribution in [-0.2, 0) is 6.54 Å². The number of ether oxygens (including phenoxy) is 1. The normalized spacial score (nSPS) is 28.2. The van der Waals surface area contributed by atoms with Gasteiger partial charge in [-0.1, -0.05) is 23.6 Å². The Balaban J connectivity index is 1.46. The zero-order valence-corrected chi connectivity index (χ0v) is 10.9. The first kappa shape index (κ1) is 13.7. The average molecular weight is 285 g/mol. The van der Waals surface area contributed by atoms with Crippen molar-refractivity contribution in [2.75, 3.05) is 19.6 Å². The van der Waals surface area contributed by atoms with Crippen molar-refractivity contribution in [2.24, 2.45) is 17.8 Å². The van der Waals surface area contributed by atoms with Crippen LogP contribution in [0.3, 0.4) is 0 Å². The van der Waals surface area contributed by atoms with Crippen LogP contribution in [0.4, 0.5) is 13.2 Å². The van der Waals surface area contributed by atoms with Crippen LogP contribution in [0.1, 0.15) is 5.56 Å². The van der Waals surface area contributed by atoms with Gasteiger partial charge in [0.2, 0.25) is 0 Å². The van der Waals surface area contributed by atoms with Crippen molar-refractivity contribution in [3.05, 3.63) is 35.1 Å². The molecule has 3 nitrogen and oxygen atoms in total. The Hall–Kier alpha value is -1.27. The van der Waals surface area contributed by atoms with E-state index in [1.54, 1.807) is 12.1 Å². The molecule has 1 N–H and O–H groups in total. The molecule has 110 valence electrons. The highest BCUT2D eigenvalue weighted by atomic mass is 19.4. The summed E-state index contributed by atoms with van der Waals surface area (Å²) in [4.78, 5) is 0. The molecule has 1 aromatic rings. The third kappa shape index (κ3) is 3.24. The lowest BCUT2D eigenvalue weighted by atomic mass is 10.2. The zero-order valence-electron chi connectivity index (χ0n) is 10.9. The molecule has 2 fully saturated rings. The van der Waals surface area contributed by atoms with E-state index in [4.69, 9.17) is 0 Å². The highest BCUT2D eigenvalue weighted by Crippen LogP contribution is 2.49. The third-order valence-electron chi connectivity index (χ3n) is 4.04. The molecule has 2 atom stereocenters. The van der Waals surface area contributed by atoms with Gasteiger partial charge in [0.05, 0.1) is 0 Å². The first-order valence-electron chi connectivity index (χ1n) is 6.71. The van der Waals surface area contributed by atoms with Crippen molar-refractivity contribution in [1.82, 2.24) is 5.32 Å². The van der Waals surface area contributed by atoms with E-state index in [-0.39, 0.29) is 5.75 Å². The van der Waals surface area contributed by atoms with Gasteiger partial charge in [-0.25, -0.2) is 0 Å². The molecule has 0 bridgehead atoms. The first-order chi connectivity index (χ1) is 9.53. The van der Waals surface area contributed by atoms with Crippen molar-refractivity contribution >= 4 is 0 Å². The number of rotatable bonds is 5. The number of nitrogens with zero attached hydrogens (tertiary/aromatic N) is 1. The molecular weight excluding hydrogens is 269 g/mol. The fraction of sp³-hybridized carbons (Fsp3) is 0.571. The Bertz CT molecular complexity index is 468. The van der Waals surface area contributed by atoms with Gasteiger partial charge in [-0.3, -0.25) is 0 Å². The molecule has 1 aromatic carbocycles. The predicted molar refractivity (Wildman–Crippen MR) is 68.4 cm³/mol. The van der Waals surface area contributed by atoms with Gasteiger partial charge in [0, 0.05) is 0 Å². The van der Waals surface area contributed by atoms with E-state index in [0.29, 0.717) is 12.5 Å². The Morgan fingerprint density at radius 3 is 2.70 bits per heavy atom. The molecule has 1 saturated heterocycles. The van der Waals surface area contributed by atoms with Crippen molar-refractivity contribution in [3.8, 4) is 5.75 Å². The number of halogens is 3. The maximum atomic E-state index is 12.1. The summed E-state index contributed by atoms with van der Waals surface area (Å²) < 4.78 is 40.3. The van der Waals surface area contributed by atoms with Gasteiger partial charge < -0.3 is 15.4 Å². The average Bonchev–Trinajstić information content (AvgIpc) is 2.81. The summed E-state index contributed by atoms with van der Waals surface area (Å²) in [6.07, 6.45) is -4.64. The van der Waals surface area contributed by atoms with Gasteiger partial charge in [0.25, 0.3) is 0 Å². The van der Waals surface area contributed by atoms with Crippen LogP contribution < -0.4 is 10.1 Å². The molecule has 2 unspecified atom stereocenters. The molecule has 0 spiro atoms. The molecule has 0 amide bonds. The summed E-state index contributed by atoms with van der Waals surface area (Å²) in [5.74, 6) is 2.01. The van der Waals surface area contributed by atoms with E-state index >= 15 is 0 Å². The van der Waals surface area contributed by atoms with Crippen LogP contribution in [0.25, 0.3) is 5.32 Å². The number of piperidine rings is 1. The maximum Gasteiger partial charge on any atom is 0.573 e. The van der Waals surface area contributed by atoms with Crippen LogP contribution in [-0.4, -0.2) is 26.0 Å². The number of nitrogens with one attached hydrogen (secondary N) is 1. The standard InChI is InChI=1S/C14H16F3N2O/c15-14(16,17)20-10-3-1-2-9(4-10)5-18-6-11-12-7-19-8-13(11)12/h1-4,11-13,19H,5-8H2/q-1. The molecule has 3 rings (SSSR count). The fourth-order valence-corrected chi connectivity index (χ4v) is 3.00. The lowest BCUT2D eigenvalue weighted by molar-refractivity contribution is -0.274. The Morgan fingerprint density at radius 2 is 2.00 bits per heavy atom. The van der Waals surface area contributed by atoms with Crippen LogP contribution in [0.5, 0.6) is 5.75 Å². The lowest BCUT2D eigenvalue weighted by Crippen LogP contribution is -2.17. The molecule has 0 radical (unpaired) electrons. The van der Waals surface area contributed by atoms with Crippen LogP contribution in [0, 0.1) is 17.8 Å². The van der Waals surface area contributed by atoms with E-state index in [2.05, 4.69) is 15.4 Å². The van der Waals surface area contributed by atoms with Gasteiger partial charge in [-0.05, 0) is 37.1 Å². The second-order valence-electron chi connectivity index (χ2n) is 5.41. The minimum absolute atomic E-state index is 0.183. The zero-order chi connectivity index (χ0) is 14.2. The van der Waals surface area contributed by atoms with Crippen LogP contribution in [0.2, 0.25) is 0 Å². The van der Waals surface area contributed by atoms with Gasteiger partial charge in [-0.15, -0.1) is 26.3 Å². The molecule has 1 saturated carbocycles. The highest BCUT2D eigenvalue weighted by Gasteiger charge is 2.49. The molecule has 2 aliphatic rings. The van der Waals surface area contributed by atoms with Gasteiger partial charge in [0.15, 0.2) is 0 Å². The molecule has 1 aliphatic heterocycles. The van der Waals surface area contributed by atoms with Gasteiger partial charge >= 0.3 is 6.36 Å². The van der Waals surface area contributed by atoms with E-state index in [9.17, 15) is 13.2 Å². The van der Waals surface area contributed by atoms with Crippen LogP contribution in [0.15, 0.2) is 24.3 Å². The maximum absolute atomic E-state index is 12.1. The number of hydrogen-bond donors (Lipinski definition) is 1. The summed E-state index contributed by atoms with van der Waals surface area (Å²) in [5, 5.41) is 7.78. The number of alkyl halides is 3. The Kier molecular flexibility index (Phi) is 3.60. The molecule has 1 aliphatic carbocycles. The van der Waals surface area contributed by atoms with Crippen molar-refractivity contribution in [2.45, 2.75) is 12.9 Å². The van der Waals surface area contributed by atoms with Crippen molar-refractivity contribution in [3.63, 3.8) is 0 Å². The molecule has 6 heteroatoms. The molecule has 20 heavy (non-hydrogen) atoms. The Labute approximate surface area is 115 Å². The summed E-state index contributed by atoms with van der Waals surface area (Å²) in [6, 6.07) is 6.02. The van der Waals surface area contributed by atoms with E-state index in [1.807, 2.05) is 0 Å². The predicted octanol–water partition coefficient (Wildman–Crippen LogP) is 2.92. The number of hydrogen-bond acceptors (Lipinski definition) is 2. The third-order valence-corrected chi connectivity index (χ3v) is 4.04. The molecule has 0 aromatic heterocycles. The summed E-state index contributed by atoms with van der Waals surface area (Å²) >= 11 is 0. The van der Waals surface area contributed by atoms with Gasteiger partial charge in [-0.2, -0.15) is 0 Å². The largest absolute Gasteiger partial charge is 0.658 e. The quantitative estimate of drug-likeness (QED) is 0.903. The summed E-state index contributed by atoms with van der Waals surface area (Å²) in [6.45, 7) is 3.42. The van der Waals surface area contributed by atoms with Crippen molar-refractivity contribution < 1.29 is 17.9 Å². The summed E-state index contributed by atoms with van der Waals surface area (Å²) in [7, 11) is 0. The second-order valence-corrected chi connectivity index (χ2v) is 5.41. The van der Waals surface area contributed by atoms with E-state index in [1.165, 1.54) is 12.1 Å². The Morgan fingerprint density at radius 1 is 1.25 bits per heavy atom. The number of benzene rings is 1. The summed E-state index contributed by atoms with van der Waals surface area (Å²) in [5.41, 5.74) is 0.746. The number of fused-ring (bicyclic) bond motifs is 1. The minimum Gasteiger partial charge on any atom is -0.658 e.